The molecular formula is C10H8N2. The average Bonchev–Trinajstić information content (AvgIpc) is 2.17. The van der Waals surface area contributed by atoms with Gasteiger partial charge in [-0.3, -0.25) is 9.98 Å². The molecule has 12 heavy (non-hydrogen) atoms. The lowest BCUT2D eigenvalue weighted by Crippen LogP contribution is -1.76. The summed E-state index contributed by atoms with van der Waals surface area (Å²) >= 11 is 0. The van der Waals surface area contributed by atoms with Crippen LogP contribution in [0.1, 0.15) is 0 Å². The highest BCUT2D eigenvalue weighted by atomic mass is 14.8. The molecule has 1 aromatic carbocycles. The zero-order chi connectivity index (χ0) is 8.39. The van der Waals surface area contributed by atoms with E-state index in [2.05, 4.69) is 16.7 Å². The van der Waals surface area contributed by atoms with Crippen molar-refractivity contribution in [1.29, 1.82) is 0 Å². The van der Waals surface area contributed by atoms with Gasteiger partial charge in [-0.25, -0.2) is 0 Å². The van der Waals surface area contributed by atoms with E-state index in [1.54, 1.807) is 6.20 Å². The van der Waals surface area contributed by atoms with E-state index in [-0.39, 0.29) is 0 Å². The number of benzene rings is 1. The summed E-state index contributed by atoms with van der Waals surface area (Å²) in [6, 6.07) is 9.79. The maximum Gasteiger partial charge on any atom is 0.0958 e. The van der Waals surface area contributed by atoms with E-state index in [0.717, 1.165) is 16.6 Å². The van der Waals surface area contributed by atoms with Gasteiger partial charge in [-0.1, -0.05) is 18.2 Å². The zero-order valence-corrected chi connectivity index (χ0v) is 6.57. The Bertz CT molecular complexity index is 416. The largest absolute Gasteiger partial charge is 0.262 e. The summed E-state index contributed by atoms with van der Waals surface area (Å²) < 4.78 is 0. The lowest BCUT2D eigenvalue weighted by molar-refractivity contribution is 1.40. The number of aromatic nitrogens is 1. The van der Waals surface area contributed by atoms with Gasteiger partial charge in [-0.2, -0.15) is 0 Å². The summed E-state index contributed by atoms with van der Waals surface area (Å²) in [7, 11) is 0. The second-order valence-electron chi connectivity index (χ2n) is 2.51. The van der Waals surface area contributed by atoms with Crippen molar-refractivity contribution in [2.24, 2.45) is 4.99 Å². The van der Waals surface area contributed by atoms with Crippen LogP contribution >= 0.6 is 0 Å². The smallest absolute Gasteiger partial charge is 0.0958 e. The van der Waals surface area contributed by atoms with Crippen molar-refractivity contribution in [2.75, 3.05) is 0 Å². The third-order valence-electron chi connectivity index (χ3n) is 1.78. The Morgan fingerprint density at radius 2 is 2.00 bits per heavy atom. The van der Waals surface area contributed by atoms with Crippen molar-refractivity contribution in [3.05, 3.63) is 36.5 Å². The van der Waals surface area contributed by atoms with Crippen molar-refractivity contribution in [3.63, 3.8) is 0 Å². The summed E-state index contributed by atoms with van der Waals surface area (Å²) in [4.78, 5) is 8.10. The maximum atomic E-state index is 4.22. The van der Waals surface area contributed by atoms with Crippen LogP contribution in [-0.2, 0) is 0 Å². The Labute approximate surface area is 70.6 Å². The second-order valence-corrected chi connectivity index (χ2v) is 2.51. The molecule has 1 aromatic heterocycles. The number of fused-ring (bicyclic) bond motifs is 1. The van der Waals surface area contributed by atoms with Gasteiger partial charge in [0.25, 0.3) is 0 Å². The Balaban J connectivity index is 2.88. The lowest BCUT2D eigenvalue weighted by Gasteiger charge is -1.98. The highest BCUT2D eigenvalue weighted by Crippen LogP contribution is 2.22. The van der Waals surface area contributed by atoms with Crippen LogP contribution in [0.15, 0.2) is 41.5 Å². The molecule has 0 aliphatic heterocycles. The van der Waals surface area contributed by atoms with Crippen molar-refractivity contribution in [1.82, 2.24) is 4.98 Å². The SMILES string of the molecule is C=Nc1cccc2cccnc12. The number of pyridine rings is 1. The van der Waals surface area contributed by atoms with Gasteiger partial charge < -0.3 is 0 Å². The minimum atomic E-state index is 0.841. The maximum absolute atomic E-state index is 4.22. The monoisotopic (exact) mass is 156 g/mol. The molecule has 0 radical (unpaired) electrons. The molecule has 2 heteroatoms. The fraction of sp³-hybridized carbons (Fsp3) is 0. The van der Waals surface area contributed by atoms with Gasteiger partial charge in [0, 0.05) is 11.6 Å². The van der Waals surface area contributed by atoms with Crippen LogP contribution < -0.4 is 0 Å². The van der Waals surface area contributed by atoms with Crippen LogP contribution in [0.5, 0.6) is 0 Å². The van der Waals surface area contributed by atoms with E-state index in [1.165, 1.54) is 0 Å². The number of para-hydroxylation sites is 1. The van der Waals surface area contributed by atoms with Gasteiger partial charge >= 0.3 is 0 Å². The van der Waals surface area contributed by atoms with Crippen molar-refractivity contribution >= 4 is 23.3 Å². The van der Waals surface area contributed by atoms with E-state index in [4.69, 9.17) is 0 Å². The van der Waals surface area contributed by atoms with Crippen molar-refractivity contribution < 1.29 is 0 Å². The van der Waals surface area contributed by atoms with Gasteiger partial charge in [-0.15, -0.1) is 0 Å². The van der Waals surface area contributed by atoms with E-state index in [0.29, 0.717) is 0 Å². The van der Waals surface area contributed by atoms with E-state index < -0.39 is 0 Å². The summed E-state index contributed by atoms with van der Waals surface area (Å²) in [5, 5.41) is 1.10. The van der Waals surface area contributed by atoms with Gasteiger partial charge in [0.1, 0.15) is 0 Å². The van der Waals surface area contributed by atoms with Crippen LogP contribution in [0.2, 0.25) is 0 Å². The lowest BCUT2D eigenvalue weighted by atomic mass is 10.2. The van der Waals surface area contributed by atoms with Crippen LogP contribution in [0.25, 0.3) is 10.9 Å². The van der Waals surface area contributed by atoms with Crippen molar-refractivity contribution in [3.8, 4) is 0 Å². The Morgan fingerprint density at radius 3 is 2.83 bits per heavy atom. The van der Waals surface area contributed by atoms with Gasteiger partial charge in [0.05, 0.1) is 11.2 Å². The van der Waals surface area contributed by atoms with Crippen LogP contribution in [0.3, 0.4) is 0 Å². The molecule has 0 bridgehead atoms. The topological polar surface area (TPSA) is 25.2 Å². The molecule has 0 N–H and O–H groups in total. The number of hydrogen-bond acceptors (Lipinski definition) is 2. The zero-order valence-electron chi connectivity index (χ0n) is 6.57. The third kappa shape index (κ3) is 0.975. The fourth-order valence-corrected chi connectivity index (χ4v) is 1.22. The van der Waals surface area contributed by atoms with Crippen LogP contribution in [-0.4, -0.2) is 11.7 Å². The van der Waals surface area contributed by atoms with Gasteiger partial charge in [0.2, 0.25) is 0 Å². The number of nitrogens with zero attached hydrogens (tertiary/aromatic N) is 2. The number of aliphatic imine (C=N–C) groups is 1. The van der Waals surface area contributed by atoms with E-state index >= 15 is 0 Å². The molecular weight excluding hydrogens is 148 g/mol. The average molecular weight is 156 g/mol. The Hall–Kier alpha value is -1.70. The second kappa shape index (κ2) is 2.74. The molecule has 0 atom stereocenters. The highest BCUT2D eigenvalue weighted by molar-refractivity contribution is 5.89. The molecule has 58 valence electrons. The summed E-state index contributed by atoms with van der Waals surface area (Å²) in [6.07, 6.45) is 1.76. The van der Waals surface area contributed by atoms with Crippen LogP contribution in [0, 0.1) is 0 Å². The normalized spacial score (nSPS) is 10.0. The minimum Gasteiger partial charge on any atom is -0.262 e. The van der Waals surface area contributed by atoms with E-state index in [1.807, 2.05) is 30.3 Å². The molecule has 0 unspecified atom stereocenters. The summed E-state index contributed by atoms with van der Waals surface area (Å²) in [5.74, 6) is 0. The first-order valence-electron chi connectivity index (χ1n) is 3.72. The van der Waals surface area contributed by atoms with Gasteiger partial charge in [-0.05, 0) is 18.9 Å². The molecule has 0 spiro atoms. The highest BCUT2D eigenvalue weighted by Gasteiger charge is 1.96. The Kier molecular flexibility index (Phi) is 1.59. The minimum absolute atomic E-state index is 0.841. The third-order valence-corrected chi connectivity index (χ3v) is 1.78. The summed E-state index contributed by atoms with van der Waals surface area (Å²) in [6.45, 7) is 3.49. The van der Waals surface area contributed by atoms with Crippen molar-refractivity contribution in [2.45, 2.75) is 0 Å². The predicted molar refractivity (Wildman–Crippen MR) is 51.0 cm³/mol. The first-order chi connectivity index (χ1) is 5.92. The molecule has 2 aromatic rings. The summed E-state index contributed by atoms with van der Waals surface area (Å²) in [5.41, 5.74) is 1.75. The first kappa shape index (κ1) is 6.98. The van der Waals surface area contributed by atoms with Gasteiger partial charge in [0.15, 0.2) is 0 Å². The molecule has 0 aliphatic rings. The molecule has 0 fully saturated rings. The van der Waals surface area contributed by atoms with Crippen LogP contribution in [0.4, 0.5) is 5.69 Å². The number of rotatable bonds is 1. The molecule has 0 saturated heterocycles. The molecule has 2 nitrogen and oxygen atoms in total. The molecule has 2 rings (SSSR count). The first-order valence-corrected chi connectivity index (χ1v) is 3.72. The molecule has 0 amide bonds. The Morgan fingerprint density at radius 1 is 1.17 bits per heavy atom. The molecule has 1 heterocycles. The predicted octanol–water partition coefficient (Wildman–Crippen LogP) is 2.57. The standard InChI is InChI=1S/C10H8N2/c1-11-9-6-2-4-8-5-3-7-12-10(8)9/h2-7H,1H2. The number of hydrogen-bond donors (Lipinski definition) is 0. The fourth-order valence-electron chi connectivity index (χ4n) is 1.22. The quantitative estimate of drug-likeness (QED) is 0.582. The molecule has 0 saturated carbocycles. The molecule has 0 aliphatic carbocycles. The van der Waals surface area contributed by atoms with E-state index in [9.17, 15) is 0 Å².